The van der Waals surface area contributed by atoms with Crippen molar-refractivity contribution in [2.75, 3.05) is 0 Å². The molecule has 0 radical (unpaired) electrons. The van der Waals surface area contributed by atoms with Crippen LogP contribution in [0, 0.1) is 23.7 Å². The van der Waals surface area contributed by atoms with Crippen molar-refractivity contribution in [3.63, 3.8) is 0 Å². The molecule has 0 amide bonds. The SMILES string of the molecule is C1CCC2C(C1)CC[C@@H]1CCCC[C@@H]21. The summed E-state index contributed by atoms with van der Waals surface area (Å²) in [4.78, 5) is 0. The Morgan fingerprint density at radius 1 is 0.429 bits per heavy atom. The van der Waals surface area contributed by atoms with Gasteiger partial charge in [-0.25, -0.2) is 0 Å². The quantitative estimate of drug-likeness (QED) is 0.534. The zero-order valence-electron chi connectivity index (χ0n) is 9.38. The molecule has 3 rings (SSSR count). The molecule has 3 aliphatic carbocycles. The van der Waals surface area contributed by atoms with Crippen LogP contribution in [0.5, 0.6) is 0 Å². The van der Waals surface area contributed by atoms with Crippen molar-refractivity contribution in [2.24, 2.45) is 23.7 Å². The van der Waals surface area contributed by atoms with Crippen LogP contribution in [0.2, 0.25) is 0 Å². The predicted molar refractivity (Wildman–Crippen MR) is 60.1 cm³/mol. The molecule has 0 aromatic rings. The molecule has 3 saturated carbocycles. The number of rotatable bonds is 0. The van der Waals surface area contributed by atoms with Crippen molar-refractivity contribution in [3.8, 4) is 0 Å². The summed E-state index contributed by atoms with van der Waals surface area (Å²) in [5.74, 6) is 4.65. The first-order valence-corrected chi connectivity index (χ1v) is 6.95. The summed E-state index contributed by atoms with van der Waals surface area (Å²) in [7, 11) is 0. The largest absolute Gasteiger partial charge is 0.0530 e. The van der Waals surface area contributed by atoms with Gasteiger partial charge in [-0.15, -0.1) is 0 Å². The summed E-state index contributed by atoms with van der Waals surface area (Å²) in [5, 5.41) is 0. The molecule has 0 heteroatoms. The molecule has 0 nitrogen and oxygen atoms in total. The van der Waals surface area contributed by atoms with Gasteiger partial charge in [0.2, 0.25) is 0 Å². The molecule has 4 atom stereocenters. The Bertz CT molecular complexity index is 174. The van der Waals surface area contributed by atoms with Gasteiger partial charge in [0.05, 0.1) is 0 Å². The van der Waals surface area contributed by atoms with Crippen molar-refractivity contribution in [1.29, 1.82) is 0 Å². The maximum absolute atomic E-state index is 1.59. The average Bonchev–Trinajstić information content (AvgIpc) is 2.29. The van der Waals surface area contributed by atoms with Gasteiger partial charge in [0.15, 0.2) is 0 Å². The Balaban J connectivity index is 1.74. The predicted octanol–water partition coefficient (Wildman–Crippen LogP) is 4.39. The molecule has 0 spiro atoms. The monoisotopic (exact) mass is 192 g/mol. The average molecular weight is 192 g/mol. The molecule has 3 aliphatic rings. The zero-order valence-corrected chi connectivity index (χ0v) is 9.38. The Kier molecular flexibility index (Phi) is 2.55. The summed E-state index contributed by atoms with van der Waals surface area (Å²) in [6.07, 6.45) is 15.7. The van der Waals surface area contributed by atoms with Gasteiger partial charge in [0.25, 0.3) is 0 Å². The fraction of sp³-hybridized carbons (Fsp3) is 1.00. The van der Waals surface area contributed by atoms with Crippen LogP contribution >= 0.6 is 0 Å². The Morgan fingerprint density at radius 2 is 0.857 bits per heavy atom. The van der Waals surface area contributed by atoms with Gasteiger partial charge in [0.1, 0.15) is 0 Å². The second-order valence-electron chi connectivity index (χ2n) is 5.99. The van der Waals surface area contributed by atoms with E-state index in [1.807, 2.05) is 0 Å². The van der Waals surface area contributed by atoms with E-state index in [2.05, 4.69) is 0 Å². The van der Waals surface area contributed by atoms with Gasteiger partial charge < -0.3 is 0 Å². The van der Waals surface area contributed by atoms with E-state index in [9.17, 15) is 0 Å². The Hall–Kier alpha value is 0. The van der Waals surface area contributed by atoms with Crippen LogP contribution in [0.3, 0.4) is 0 Å². The van der Waals surface area contributed by atoms with E-state index < -0.39 is 0 Å². The van der Waals surface area contributed by atoms with E-state index in [-0.39, 0.29) is 0 Å². The second-order valence-corrected chi connectivity index (χ2v) is 5.99. The highest BCUT2D eigenvalue weighted by molar-refractivity contribution is 4.91. The lowest BCUT2D eigenvalue weighted by atomic mass is 9.58. The van der Waals surface area contributed by atoms with Gasteiger partial charge in [-0.2, -0.15) is 0 Å². The third-order valence-electron chi connectivity index (χ3n) is 5.39. The van der Waals surface area contributed by atoms with Crippen LogP contribution < -0.4 is 0 Å². The van der Waals surface area contributed by atoms with Crippen molar-refractivity contribution >= 4 is 0 Å². The lowest BCUT2D eigenvalue weighted by Gasteiger charge is -2.48. The molecule has 14 heavy (non-hydrogen) atoms. The summed E-state index contributed by atoms with van der Waals surface area (Å²) >= 11 is 0. The molecule has 0 saturated heterocycles. The molecule has 0 N–H and O–H groups in total. The van der Waals surface area contributed by atoms with Crippen LogP contribution in [0.1, 0.15) is 64.2 Å². The van der Waals surface area contributed by atoms with Crippen LogP contribution in [-0.2, 0) is 0 Å². The normalized spacial score (nSPS) is 48.0. The standard InChI is InChI=1S/C14H24/c1-3-7-13-11(5-1)9-10-12-6-2-4-8-14(12)13/h11-14H,1-10H2/t11-,12?,13+,14?/m0/s1. The van der Waals surface area contributed by atoms with Gasteiger partial charge >= 0.3 is 0 Å². The molecule has 0 aromatic heterocycles. The summed E-state index contributed by atoms with van der Waals surface area (Å²) in [6, 6.07) is 0. The van der Waals surface area contributed by atoms with Gasteiger partial charge in [-0.3, -0.25) is 0 Å². The summed E-state index contributed by atoms with van der Waals surface area (Å²) in [5.41, 5.74) is 0. The first-order chi connectivity index (χ1) is 6.95. The minimum Gasteiger partial charge on any atom is -0.0530 e. The van der Waals surface area contributed by atoms with Crippen LogP contribution in [0.25, 0.3) is 0 Å². The zero-order chi connectivity index (χ0) is 9.38. The van der Waals surface area contributed by atoms with E-state index in [0.717, 1.165) is 11.8 Å². The van der Waals surface area contributed by atoms with Gasteiger partial charge in [0, 0.05) is 0 Å². The molecule has 0 heterocycles. The minimum absolute atomic E-state index is 1.16. The fourth-order valence-corrected chi connectivity index (χ4v) is 4.74. The highest BCUT2D eigenvalue weighted by atomic mass is 14.5. The number of hydrogen-bond acceptors (Lipinski definition) is 0. The van der Waals surface area contributed by atoms with Crippen LogP contribution in [0.15, 0.2) is 0 Å². The Morgan fingerprint density at radius 3 is 1.36 bits per heavy atom. The smallest absolute Gasteiger partial charge is 0.0355 e. The topological polar surface area (TPSA) is 0 Å². The van der Waals surface area contributed by atoms with Gasteiger partial charge in [-0.05, 0) is 49.4 Å². The number of fused-ring (bicyclic) bond motifs is 3. The Labute approximate surface area is 88.5 Å². The molecule has 0 bridgehead atoms. The van der Waals surface area contributed by atoms with Crippen molar-refractivity contribution in [3.05, 3.63) is 0 Å². The van der Waals surface area contributed by atoms with E-state index in [1.54, 1.807) is 64.2 Å². The highest BCUT2D eigenvalue weighted by Gasteiger charge is 2.40. The molecule has 80 valence electrons. The molecule has 0 aromatic carbocycles. The number of hydrogen-bond donors (Lipinski definition) is 0. The first-order valence-electron chi connectivity index (χ1n) is 6.95. The van der Waals surface area contributed by atoms with Crippen LogP contribution in [-0.4, -0.2) is 0 Å². The van der Waals surface area contributed by atoms with E-state index in [4.69, 9.17) is 0 Å². The molecule has 0 aliphatic heterocycles. The molecule has 3 fully saturated rings. The van der Waals surface area contributed by atoms with E-state index in [1.165, 1.54) is 11.8 Å². The maximum Gasteiger partial charge on any atom is -0.0355 e. The van der Waals surface area contributed by atoms with E-state index >= 15 is 0 Å². The van der Waals surface area contributed by atoms with Crippen molar-refractivity contribution in [2.45, 2.75) is 64.2 Å². The van der Waals surface area contributed by atoms with Crippen molar-refractivity contribution in [1.82, 2.24) is 0 Å². The second kappa shape index (κ2) is 3.87. The third-order valence-corrected chi connectivity index (χ3v) is 5.39. The molecular weight excluding hydrogens is 168 g/mol. The van der Waals surface area contributed by atoms with Gasteiger partial charge in [-0.1, -0.05) is 38.5 Å². The van der Waals surface area contributed by atoms with Crippen LogP contribution in [0.4, 0.5) is 0 Å². The summed E-state index contributed by atoms with van der Waals surface area (Å²) in [6.45, 7) is 0. The third kappa shape index (κ3) is 1.51. The minimum atomic E-state index is 1.16. The lowest BCUT2D eigenvalue weighted by Crippen LogP contribution is -2.38. The molecule has 2 unspecified atom stereocenters. The summed E-state index contributed by atoms with van der Waals surface area (Å²) < 4.78 is 0. The highest BCUT2D eigenvalue weighted by Crippen LogP contribution is 2.51. The lowest BCUT2D eigenvalue weighted by molar-refractivity contribution is 0.0278. The molecular formula is C14H24. The maximum atomic E-state index is 1.59. The fourth-order valence-electron chi connectivity index (χ4n) is 4.74. The first kappa shape index (κ1) is 9.24. The van der Waals surface area contributed by atoms with E-state index in [0.29, 0.717) is 0 Å². The van der Waals surface area contributed by atoms with Crippen molar-refractivity contribution < 1.29 is 0 Å².